The Morgan fingerprint density at radius 2 is 1.79 bits per heavy atom. The van der Waals surface area contributed by atoms with Gasteiger partial charge in [0.1, 0.15) is 5.82 Å². The van der Waals surface area contributed by atoms with Crippen molar-refractivity contribution in [3.63, 3.8) is 0 Å². The molecule has 9 heteroatoms. The Bertz CT molecular complexity index is 1010. The minimum absolute atomic E-state index is 0.0554. The molecule has 2 amide bonds. The second-order valence-corrected chi connectivity index (χ2v) is 7.74. The number of hydrogen-bond donors (Lipinski definition) is 1. The van der Waals surface area contributed by atoms with Crippen LogP contribution in [0.2, 0.25) is 5.02 Å². The maximum absolute atomic E-state index is 13.9. The summed E-state index contributed by atoms with van der Waals surface area (Å²) in [6.07, 6.45) is 0. The molecule has 0 radical (unpaired) electrons. The first-order valence-electron chi connectivity index (χ1n) is 8.66. The number of nitrogens with zero attached hydrogens (tertiary/aromatic N) is 3. The zero-order valence-electron chi connectivity index (χ0n) is 14.7. The molecule has 1 aromatic carbocycles. The molecular weight excluding hydrogens is 403 g/mol. The Morgan fingerprint density at radius 3 is 2.46 bits per heavy atom. The van der Waals surface area contributed by atoms with Crippen molar-refractivity contribution in [3.05, 3.63) is 63.9 Å². The lowest BCUT2D eigenvalue weighted by molar-refractivity contribution is 0.0529. The molecule has 3 heterocycles. The van der Waals surface area contributed by atoms with Gasteiger partial charge in [0.2, 0.25) is 0 Å². The van der Waals surface area contributed by atoms with E-state index in [2.05, 4.69) is 10.2 Å². The SMILES string of the molecule is O=C(c1cc(-c2cccs2)[nH]n1)N1CCN(C(=O)c2cc(Cl)ccc2F)CC1. The lowest BCUT2D eigenvalue weighted by Crippen LogP contribution is -2.50. The van der Waals surface area contributed by atoms with Crippen LogP contribution in [0, 0.1) is 5.82 Å². The van der Waals surface area contributed by atoms with Crippen molar-refractivity contribution in [1.29, 1.82) is 0 Å². The van der Waals surface area contributed by atoms with Crippen LogP contribution in [0.1, 0.15) is 20.8 Å². The Kier molecular flexibility index (Phi) is 5.15. The smallest absolute Gasteiger partial charge is 0.274 e. The molecule has 3 aromatic rings. The summed E-state index contributed by atoms with van der Waals surface area (Å²) in [4.78, 5) is 29.4. The Balaban J connectivity index is 1.40. The quantitative estimate of drug-likeness (QED) is 0.707. The fourth-order valence-electron chi connectivity index (χ4n) is 3.10. The van der Waals surface area contributed by atoms with Gasteiger partial charge in [0.15, 0.2) is 5.69 Å². The van der Waals surface area contributed by atoms with E-state index in [-0.39, 0.29) is 11.5 Å². The van der Waals surface area contributed by atoms with Crippen molar-refractivity contribution >= 4 is 34.8 Å². The van der Waals surface area contributed by atoms with Crippen molar-refractivity contribution < 1.29 is 14.0 Å². The van der Waals surface area contributed by atoms with Gasteiger partial charge in [0.05, 0.1) is 16.1 Å². The highest BCUT2D eigenvalue weighted by Gasteiger charge is 2.28. The van der Waals surface area contributed by atoms with Crippen LogP contribution in [0.25, 0.3) is 10.6 Å². The highest BCUT2D eigenvalue weighted by atomic mass is 35.5. The van der Waals surface area contributed by atoms with E-state index in [4.69, 9.17) is 11.6 Å². The van der Waals surface area contributed by atoms with Crippen molar-refractivity contribution in [2.75, 3.05) is 26.2 Å². The highest BCUT2D eigenvalue weighted by molar-refractivity contribution is 7.13. The topological polar surface area (TPSA) is 69.3 Å². The summed E-state index contributed by atoms with van der Waals surface area (Å²) in [6.45, 7) is 1.35. The summed E-state index contributed by atoms with van der Waals surface area (Å²) in [5.74, 6) is -1.22. The van der Waals surface area contributed by atoms with E-state index in [1.807, 2.05) is 17.5 Å². The van der Waals surface area contributed by atoms with Gasteiger partial charge >= 0.3 is 0 Å². The van der Waals surface area contributed by atoms with Crippen molar-refractivity contribution in [2.45, 2.75) is 0 Å². The number of amides is 2. The first-order valence-corrected chi connectivity index (χ1v) is 9.91. The summed E-state index contributed by atoms with van der Waals surface area (Å²) >= 11 is 7.43. The number of aromatic amines is 1. The number of carbonyl (C=O) groups excluding carboxylic acids is 2. The third kappa shape index (κ3) is 3.65. The second-order valence-electron chi connectivity index (χ2n) is 6.35. The predicted molar refractivity (Wildman–Crippen MR) is 105 cm³/mol. The van der Waals surface area contributed by atoms with Gasteiger partial charge in [-0.25, -0.2) is 4.39 Å². The third-order valence-corrected chi connectivity index (χ3v) is 5.73. The van der Waals surface area contributed by atoms with Gasteiger partial charge in [-0.2, -0.15) is 5.10 Å². The number of piperazine rings is 1. The Hall–Kier alpha value is -2.71. The molecule has 0 aliphatic carbocycles. The van der Waals surface area contributed by atoms with Crippen molar-refractivity contribution in [3.8, 4) is 10.6 Å². The molecular formula is C19H16ClFN4O2S. The van der Waals surface area contributed by atoms with Crippen LogP contribution in [-0.4, -0.2) is 58.0 Å². The molecule has 0 spiro atoms. The van der Waals surface area contributed by atoms with Crippen LogP contribution in [-0.2, 0) is 0 Å². The van der Waals surface area contributed by atoms with Crippen LogP contribution in [0.4, 0.5) is 4.39 Å². The Morgan fingerprint density at radius 1 is 1.07 bits per heavy atom. The standard InChI is InChI=1S/C19H16ClFN4O2S/c20-12-3-4-14(21)13(10-12)18(26)24-5-7-25(8-6-24)19(27)16-11-15(22-23-16)17-2-1-9-28-17/h1-4,9-11H,5-8H2,(H,22,23). The van der Waals surface area contributed by atoms with E-state index < -0.39 is 11.7 Å². The molecule has 144 valence electrons. The molecule has 0 saturated carbocycles. The largest absolute Gasteiger partial charge is 0.335 e. The van der Waals surface area contributed by atoms with Crippen LogP contribution >= 0.6 is 22.9 Å². The first-order chi connectivity index (χ1) is 13.5. The molecule has 4 rings (SSSR count). The molecule has 28 heavy (non-hydrogen) atoms. The van der Waals surface area contributed by atoms with E-state index in [1.165, 1.54) is 23.1 Å². The monoisotopic (exact) mass is 418 g/mol. The maximum Gasteiger partial charge on any atom is 0.274 e. The number of thiophene rings is 1. The van der Waals surface area contributed by atoms with Gasteiger partial charge in [-0.05, 0) is 35.7 Å². The molecule has 2 aromatic heterocycles. The fourth-order valence-corrected chi connectivity index (χ4v) is 3.96. The molecule has 1 aliphatic heterocycles. The fraction of sp³-hybridized carbons (Fsp3) is 0.211. The van der Waals surface area contributed by atoms with E-state index in [0.29, 0.717) is 36.9 Å². The van der Waals surface area contributed by atoms with Crippen molar-refractivity contribution in [1.82, 2.24) is 20.0 Å². The molecule has 0 bridgehead atoms. The number of nitrogens with one attached hydrogen (secondary N) is 1. The molecule has 0 unspecified atom stereocenters. The maximum atomic E-state index is 13.9. The first kappa shape index (κ1) is 18.6. The average Bonchev–Trinajstić information content (AvgIpc) is 3.40. The summed E-state index contributed by atoms with van der Waals surface area (Å²) in [6, 6.07) is 9.52. The minimum Gasteiger partial charge on any atom is -0.335 e. The third-order valence-electron chi connectivity index (χ3n) is 4.60. The molecule has 6 nitrogen and oxygen atoms in total. The van der Waals surface area contributed by atoms with Crippen LogP contribution in [0.3, 0.4) is 0 Å². The van der Waals surface area contributed by atoms with Gasteiger partial charge in [-0.15, -0.1) is 11.3 Å². The number of hydrogen-bond acceptors (Lipinski definition) is 4. The molecule has 1 N–H and O–H groups in total. The van der Waals surface area contributed by atoms with E-state index in [1.54, 1.807) is 22.3 Å². The number of halogens is 2. The summed E-state index contributed by atoms with van der Waals surface area (Å²) < 4.78 is 13.9. The van der Waals surface area contributed by atoms with E-state index >= 15 is 0 Å². The van der Waals surface area contributed by atoms with Crippen LogP contribution < -0.4 is 0 Å². The number of rotatable bonds is 3. The molecule has 1 fully saturated rings. The number of H-pyrrole nitrogens is 1. The summed E-state index contributed by atoms with van der Waals surface area (Å²) in [7, 11) is 0. The van der Waals surface area contributed by atoms with Gasteiger partial charge < -0.3 is 9.80 Å². The highest BCUT2D eigenvalue weighted by Crippen LogP contribution is 2.24. The average molecular weight is 419 g/mol. The zero-order chi connectivity index (χ0) is 19.7. The van der Waals surface area contributed by atoms with Crippen molar-refractivity contribution in [2.24, 2.45) is 0 Å². The molecule has 1 aliphatic rings. The number of carbonyl (C=O) groups is 2. The zero-order valence-corrected chi connectivity index (χ0v) is 16.3. The molecule has 1 saturated heterocycles. The summed E-state index contributed by atoms with van der Waals surface area (Å²) in [5.41, 5.74) is 1.08. The van der Waals surface area contributed by atoms with E-state index in [9.17, 15) is 14.0 Å². The minimum atomic E-state index is -0.606. The molecule has 0 atom stereocenters. The van der Waals surface area contributed by atoms with Gasteiger partial charge in [-0.3, -0.25) is 14.7 Å². The normalized spacial score (nSPS) is 14.4. The van der Waals surface area contributed by atoms with Gasteiger partial charge in [0, 0.05) is 31.2 Å². The summed E-state index contributed by atoms with van der Waals surface area (Å²) in [5, 5.41) is 9.26. The predicted octanol–water partition coefficient (Wildman–Crippen LogP) is 3.53. The van der Waals surface area contributed by atoms with E-state index in [0.717, 1.165) is 10.6 Å². The van der Waals surface area contributed by atoms with Gasteiger partial charge in [0.25, 0.3) is 11.8 Å². The lowest BCUT2D eigenvalue weighted by atomic mass is 10.1. The van der Waals surface area contributed by atoms with Gasteiger partial charge in [-0.1, -0.05) is 17.7 Å². The van der Waals surface area contributed by atoms with Crippen LogP contribution in [0.5, 0.6) is 0 Å². The second kappa shape index (κ2) is 7.73. The lowest BCUT2D eigenvalue weighted by Gasteiger charge is -2.34. The van der Waals surface area contributed by atoms with Crippen LogP contribution in [0.15, 0.2) is 41.8 Å². The Labute approximate surface area is 169 Å². The number of benzene rings is 1. The number of aromatic nitrogens is 2.